The topological polar surface area (TPSA) is 87.9 Å². The number of hydrogen-bond acceptors (Lipinski definition) is 4. The molecule has 1 amide bonds. The van der Waals surface area contributed by atoms with Crippen LogP contribution >= 0.6 is 0 Å². The molecule has 1 unspecified atom stereocenters. The largest absolute Gasteiger partial charge is 0.332 e. The molecule has 6 heteroatoms. The van der Waals surface area contributed by atoms with E-state index in [2.05, 4.69) is 15.2 Å². The van der Waals surface area contributed by atoms with Crippen LogP contribution < -0.4 is 5.73 Å². The molecule has 1 atom stereocenters. The first-order chi connectivity index (χ1) is 8.43. The van der Waals surface area contributed by atoms with Crippen LogP contribution in [0.15, 0.2) is 0 Å². The summed E-state index contributed by atoms with van der Waals surface area (Å²) in [4.78, 5) is 18.4. The van der Waals surface area contributed by atoms with Gasteiger partial charge in [0.15, 0.2) is 0 Å². The Morgan fingerprint density at radius 3 is 2.83 bits per heavy atom. The average Bonchev–Trinajstić information content (AvgIpc) is 2.96. The highest BCUT2D eigenvalue weighted by Gasteiger charge is 2.31. The maximum atomic E-state index is 12.3. The summed E-state index contributed by atoms with van der Waals surface area (Å²) in [7, 11) is 0. The van der Waals surface area contributed by atoms with Crippen molar-refractivity contribution in [2.75, 3.05) is 13.1 Å². The molecule has 1 aliphatic heterocycles. The van der Waals surface area contributed by atoms with Gasteiger partial charge in [-0.25, -0.2) is 4.98 Å². The van der Waals surface area contributed by atoms with Crippen LogP contribution in [0.25, 0.3) is 0 Å². The van der Waals surface area contributed by atoms with Gasteiger partial charge >= 0.3 is 0 Å². The van der Waals surface area contributed by atoms with Crippen molar-refractivity contribution in [3.63, 3.8) is 0 Å². The van der Waals surface area contributed by atoms with E-state index >= 15 is 0 Å². The molecule has 0 radical (unpaired) electrons. The van der Waals surface area contributed by atoms with E-state index in [9.17, 15) is 4.79 Å². The van der Waals surface area contributed by atoms with Crippen LogP contribution in [0.4, 0.5) is 0 Å². The minimum Gasteiger partial charge on any atom is -0.332 e. The van der Waals surface area contributed by atoms with Gasteiger partial charge in [0, 0.05) is 24.5 Å². The van der Waals surface area contributed by atoms with Crippen LogP contribution in [0.3, 0.4) is 0 Å². The predicted octanol–water partition coefficient (Wildman–Crippen LogP) is 0.665. The lowest BCUT2D eigenvalue weighted by molar-refractivity contribution is 0.0729. The van der Waals surface area contributed by atoms with Gasteiger partial charge in [0.25, 0.3) is 5.91 Å². The Morgan fingerprint density at radius 1 is 1.56 bits per heavy atom. The van der Waals surface area contributed by atoms with Gasteiger partial charge < -0.3 is 10.6 Å². The van der Waals surface area contributed by atoms with Crippen LogP contribution in [0.2, 0.25) is 0 Å². The van der Waals surface area contributed by atoms with Gasteiger partial charge in [-0.3, -0.25) is 9.89 Å². The molecule has 1 aromatic rings. The number of nitrogens with one attached hydrogen (secondary N) is 1. The molecule has 1 aliphatic rings. The first kappa shape index (κ1) is 13.0. The summed E-state index contributed by atoms with van der Waals surface area (Å²) in [6, 6.07) is 0.133. The summed E-state index contributed by atoms with van der Waals surface area (Å²) >= 11 is 0. The molecule has 3 N–H and O–H groups in total. The van der Waals surface area contributed by atoms with Gasteiger partial charge in [-0.15, -0.1) is 5.10 Å². The number of amides is 1. The zero-order chi connectivity index (χ0) is 13.3. The Kier molecular flexibility index (Phi) is 3.38. The number of aromatic nitrogens is 3. The smallest absolute Gasteiger partial charge is 0.293 e. The molecule has 2 heterocycles. The van der Waals surface area contributed by atoms with Gasteiger partial charge in [0.05, 0.1) is 0 Å². The second-order valence-corrected chi connectivity index (χ2v) is 5.79. The maximum absolute atomic E-state index is 12.3. The maximum Gasteiger partial charge on any atom is 0.293 e. The van der Waals surface area contributed by atoms with E-state index in [0.29, 0.717) is 6.54 Å². The third-order valence-corrected chi connectivity index (χ3v) is 3.30. The highest BCUT2D eigenvalue weighted by Crippen LogP contribution is 2.20. The lowest BCUT2D eigenvalue weighted by Crippen LogP contribution is -2.40. The number of carbonyl (C=O) groups is 1. The number of nitrogens with zero attached hydrogens (tertiary/aromatic N) is 3. The van der Waals surface area contributed by atoms with Crippen molar-refractivity contribution < 1.29 is 4.79 Å². The molecule has 18 heavy (non-hydrogen) atoms. The lowest BCUT2D eigenvalue weighted by atomic mass is 9.96. The fourth-order valence-corrected chi connectivity index (χ4v) is 2.17. The van der Waals surface area contributed by atoms with Crippen molar-refractivity contribution in [3.05, 3.63) is 11.6 Å². The minimum absolute atomic E-state index is 0.116. The first-order valence-electron chi connectivity index (χ1n) is 6.37. The van der Waals surface area contributed by atoms with Crippen molar-refractivity contribution in [1.82, 2.24) is 20.1 Å². The zero-order valence-corrected chi connectivity index (χ0v) is 11.2. The van der Waals surface area contributed by atoms with Crippen LogP contribution in [-0.4, -0.2) is 45.1 Å². The van der Waals surface area contributed by atoms with Gasteiger partial charge in [-0.2, -0.15) is 0 Å². The van der Waals surface area contributed by atoms with E-state index in [1.165, 1.54) is 0 Å². The summed E-state index contributed by atoms with van der Waals surface area (Å²) in [6.45, 7) is 7.34. The molecule has 6 nitrogen and oxygen atoms in total. The van der Waals surface area contributed by atoms with Crippen molar-refractivity contribution >= 4 is 5.91 Å². The Balaban J connectivity index is 2.16. The molecule has 0 aromatic carbocycles. The van der Waals surface area contributed by atoms with E-state index in [-0.39, 0.29) is 23.2 Å². The van der Waals surface area contributed by atoms with Gasteiger partial charge in [-0.1, -0.05) is 20.8 Å². The number of rotatable bonds is 2. The quantitative estimate of drug-likeness (QED) is 0.808. The van der Waals surface area contributed by atoms with Crippen molar-refractivity contribution in [3.8, 4) is 0 Å². The fourth-order valence-electron chi connectivity index (χ4n) is 2.17. The number of aromatic amines is 1. The molecule has 1 fully saturated rings. The van der Waals surface area contributed by atoms with Crippen LogP contribution in [0.5, 0.6) is 0 Å². The van der Waals surface area contributed by atoms with Gasteiger partial charge in [-0.05, 0) is 12.8 Å². The van der Waals surface area contributed by atoms with Crippen LogP contribution in [-0.2, 0) is 5.41 Å². The van der Waals surface area contributed by atoms with E-state index in [1.807, 2.05) is 20.8 Å². The van der Waals surface area contributed by atoms with Crippen molar-refractivity contribution in [1.29, 1.82) is 0 Å². The summed E-state index contributed by atoms with van der Waals surface area (Å²) in [5.74, 6) is 0.865. The Bertz CT molecular complexity index is 434. The van der Waals surface area contributed by atoms with Crippen molar-refractivity contribution in [2.24, 2.45) is 5.73 Å². The molecular weight excluding hydrogens is 230 g/mol. The van der Waals surface area contributed by atoms with E-state index in [1.54, 1.807) is 4.90 Å². The average molecular weight is 251 g/mol. The Morgan fingerprint density at radius 2 is 2.28 bits per heavy atom. The second kappa shape index (κ2) is 4.68. The highest BCUT2D eigenvalue weighted by molar-refractivity contribution is 5.90. The summed E-state index contributed by atoms with van der Waals surface area (Å²) in [5.41, 5.74) is 5.54. The van der Waals surface area contributed by atoms with Crippen LogP contribution in [0.1, 0.15) is 50.1 Å². The van der Waals surface area contributed by atoms with Crippen LogP contribution in [0, 0.1) is 0 Å². The zero-order valence-electron chi connectivity index (χ0n) is 11.2. The molecule has 0 saturated carbocycles. The van der Waals surface area contributed by atoms with E-state index in [4.69, 9.17) is 5.73 Å². The summed E-state index contributed by atoms with van der Waals surface area (Å²) in [5, 5.41) is 6.87. The van der Waals surface area contributed by atoms with Gasteiger partial charge in [0.2, 0.25) is 5.82 Å². The summed E-state index contributed by atoms with van der Waals surface area (Å²) < 4.78 is 0. The lowest BCUT2D eigenvalue weighted by Gasteiger charge is -2.21. The first-order valence-corrected chi connectivity index (χ1v) is 6.37. The molecular formula is C12H21N5O. The number of likely N-dealkylation sites (tertiary alicyclic amines) is 1. The minimum atomic E-state index is -0.135. The number of nitrogens with two attached hydrogens (primary N) is 1. The molecule has 2 rings (SSSR count). The van der Waals surface area contributed by atoms with Crippen molar-refractivity contribution in [2.45, 2.75) is 45.1 Å². The monoisotopic (exact) mass is 251 g/mol. The molecule has 0 aliphatic carbocycles. The molecule has 100 valence electrons. The Hall–Kier alpha value is -1.43. The highest BCUT2D eigenvalue weighted by atomic mass is 16.2. The summed E-state index contributed by atoms with van der Waals surface area (Å²) in [6.07, 6.45) is 1.98. The number of H-pyrrole nitrogens is 1. The molecule has 1 aromatic heterocycles. The van der Waals surface area contributed by atoms with E-state index in [0.717, 1.165) is 25.2 Å². The second-order valence-electron chi connectivity index (χ2n) is 5.79. The molecule has 0 bridgehead atoms. The third kappa shape index (κ3) is 2.38. The number of carbonyl (C=O) groups excluding carboxylic acids is 1. The predicted molar refractivity (Wildman–Crippen MR) is 68.2 cm³/mol. The standard InChI is InChI=1S/C12H21N5O/c1-12(2,3)11-14-9(15-16-11)10(18)17-6-4-5-8(17)7-13/h8H,4-7,13H2,1-3H3,(H,14,15,16). The fraction of sp³-hybridized carbons (Fsp3) is 0.750. The van der Waals surface area contributed by atoms with Gasteiger partial charge in [0.1, 0.15) is 5.82 Å². The molecule has 1 saturated heterocycles. The number of hydrogen-bond donors (Lipinski definition) is 2. The normalized spacial score (nSPS) is 20.4. The van der Waals surface area contributed by atoms with E-state index < -0.39 is 0 Å². The molecule has 0 spiro atoms. The Labute approximate surface area is 107 Å². The SMILES string of the molecule is CC(C)(C)c1nc(C(=O)N2CCCC2CN)n[nH]1. The third-order valence-electron chi connectivity index (χ3n) is 3.30.